The Balaban J connectivity index is 1.70. The lowest BCUT2D eigenvalue weighted by atomic mass is 9.55. The van der Waals surface area contributed by atoms with Gasteiger partial charge in [-0.25, -0.2) is 0 Å². The smallest absolute Gasteiger partial charge is 0.160 e. The van der Waals surface area contributed by atoms with E-state index in [1.54, 1.807) is 7.11 Å². The second kappa shape index (κ2) is 5.66. The fraction of sp³-hybridized carbons (Fsp3) is 0.714. The number of aliphatic hydroxyl groups excluding tert-OH is 1. The Morgan fingerprint density at radius 2 is 2.08 bits per heavy atom. The van der Waals surface area contributed by atoms with Crippen molar-refractivity contribution in [1.82, 2.24) is 0 Å². The van der Waals surface area contributed by atoms with Gasteiger partial charge in [-0.05, 0) is 84.5 Å². The first-order valence-corrected chi connectivity index (χ1v) is 9.57. The minimum absolute atomic E-state index is 0.0976. The molecular weight excluding hydrogens is 300 g/mol. The van der Waals surface area contributed by atoms with Crippen LogP contribution in [0.15, 0.2) is 12.1 Å². The number of hydrogen-bond acceptors (Lipinski definition) is 3. The van der Waals surface area contributed by atoms with Crippen LogP contribution in [0.5, 0.6) is 11.5 Å². The van der Waals surface area contributed by atoms with E-state index in [2.05, 4.69) is 19.9 Å². The summed E-state index contributed by atoms with van der Waals surface area (Å²) in [5.41, 5.74) is 2.78. The molecule has 1 aromatic carbocycles. The molecule has 0 radical (unpaired) electrons. The Morgan fingerprint density at radius 3 is 2.79 bits per heavy atom. The molecule has 24 heavy (non-hydrogen) atoms. The van der Waals surface area contributed by atoms with Gasteiger partial charge in [-0.2, -0.15) is 0 Å². The molecule has 0 heterocycles. The number of ether oxygens (including phenoxy) is 1. The molecular formula is C21H30O3. The predicted molar refractivity (Wildman–Crippen MR) is 94.4 cm³/mol. The summed E-state index contributed by atoms with van der Waals surface area (Å²) in [5.74, 6) is 3.18. The Morgan fingerprint density at radius 1 is 1.29 bits per heavy atom. The van der Waals surface area contributed by atoms with Gasteiger partial charge in [-0.1, -0.05) is 20.3 Å². The van der Waals surface area contributed by atoms with Crippen molar-refractivity contribution in [3.63, 3.8) is 0 Å². The number of phenolic OH excluding ortho intramolecular Hbond substituents is 1. The third kappa shape index (κ3) is 2.13. The highest BCUT2D eigenvalue weighted by molar-refractivity contribution is 5.49. The summed E-state index contributed by atoms with van der Waals surface area (Å²) in [5, 5.41) is 21.0. The molecule has 3 heteroatoms. The number of rotatable bonds is 2. The summed E-state index contributed by atoms with van der Waals surface area (Å²) in [7, 11) is 1.62. The van der Waals surface area contributed by atoms with E-state index < -0.39 is 0 Å². The van der Waals surface area contributed by atoms with Crippen LogP contribution in [0.25, 0.3) is 0 Å². The minimum atomic E-state index is -0.135. The van der Waals surface area contributed by atoms with Crippen LogP contribution in [0.4, 0.5) is 0 Å². The Labute approximate surface area is 145 Å². The molecule has 0 bridgehead atoms. The summed E-state index contributed by atoms with van der Waals surface area (Å²) in [6.07, 6.45) is 6.61. The molecule has 0 aliphatic heterocycles. The highest BCUT2D eigenvalue weighted by atomic mass is 16.5. The van der Waals surface area contributed by atoms with Crippen molar-refractivity contribution >= 4 is 0 Å². The van der Waals surface area contributed by atoms with Crippen molar-refractivity contribution in [3.05, 3.63) is 23.3 Å². The highest BCUT2D eigenvalue weighted by Gasteiger charge is 2.57. The van der Waals surface area contributed by atoms with E-state index in [1.807, 2.05) is 6.07 Å². The third-order valence-electron chi connectivity index (χ3n) is 7.67. The molecule has 3 aliphatic carbocycles. The number of phenols is 1. The van der Waals surface area contributed by atoms with Crippen molar-refractivity contribution < 1.29 is 14.9 Å². The van der Waals surface area contributed by atoms with Crippen molar-refractivity contribution in [2.24, 2.45) is 23.2 Å². The number of benzene rings is 1. The van der Waals surface area contributed by atoms with Crippen LogP contribution in [0.3, 0.4) is 0 Å². The van der Waals surface area contributed by atoms with Gasteiger partial charge in [0.2, 0.25) is 0 Å². The molecule has 6 atom stereocenters. The van der Waals surface area contributed by atoms with Gasteiger partial charge in [0.1, 0.15) is 0 Å². The molecule has 1 aromatic rings. The zero-order valence-electron chi connectivity index (χ0n) is 15.1. The average Bonchev–Trinajstić information content (AvgIpc) is 2.85. The zero-order chi connectivity index (χ0) is 17.1. The van der Waals surface area contributed by atoms with Crippen molar-refractivity contribution in [3.8, 4) is 11.5 Å². The van der Waals surface area contributed by atoms with Gasteiger partial charge < -0.3 is 14.9 Å². The van der Waals surface area contributed by atoms with Gasteiger partial charge in [0, 0.05) is 0 Å². The second-order valence-corrected chi connectivity index (χ2v) is 8.53. The molecule has 0 amide bonds. The zero-order valence-corrected chi connectivity index (χ0v) is 15.1. The van der Waals surface area contributed by atoms with Crippen LogP contribution in [-0.2, 0) is 6.42 Å². The molecule has 1 unspecified atom stereocenters. The quantitative estimate of drug-likeness (QED) is 0.852. The van der Waals surface area contributed by atoms with E-state index in [0.717, 1.165) is 25.7 Å². The van der Waals surface area contributed by atoms with E-state index in [4.69, 9.17) is 4.74 Å². The maximum Gasteiger partial charge on any atom is 0.160 e. The summed E-state index contributed by atoms with van der Waals surface area (Å²) < 4.78 is 5.36. The first-order valence-electron chi connectivity index (χ1n) is 9.57. The van der Waals surface area contributed by atoms with E-state index in [0.29, 0.717) is 29.4 Å². The molecule has 4 rings (SSSR count). The first-order chi connectivity index (χ1) is 11.5. The van der Waals surface area contributed by atoms with Gasteiger partial charge in [-0.15, -0.1) is 0 Å². The summed E-state index contributed by atoms with van der Waals surface area (Å²) in [4.78, 5) is 0. The number of methoxy groups -OCH3 is 1. The molecule has 0 saturated heterocycles. The second-order valence-electron chi connectivity index (χ2n) is 8.53. The Hall–Kier alpha value is -1.22. The molecule has 0 spiro atoms. The predicted octanol–water partition coefficient (Wildman–Crippen LogP) is 4.25. The van der Waals surface area contributed by atoms with Crippen LogP contribution in [-0.4, -0.2) is 23.4 Å². The topological polar surface area (TPSA) is 49.7 Å². The van der Waals surface area contributed by atoms with Crippen LogP contribution < -0.4 is 4.74 Å². The minimum Gasteiger partial charge on any atom is -0.504 e. The van der Waals surface area contributed by atoms with E-state index >= 15 is 0 Å². The maximum atomic E-state index is 10.9. The first kappa shape index (κ1) is 16.3. The van der Waals surface area contributed by atoms with Gasteiger partial charge in [-0.3, -0.25) is 0 Å². The number of aromatic hydroxyl groups is 1. The van der Waals surface area contributed by atoms with Crippen LogP contribution in [0.1, 0.15) is 63.0 Å². The average molecular weight is 330 g/mol. The number of aliphatic hydroxyl groups is 1. The molecule has 0 aromatic heterocycles. The number of hydrogen-bond donors (Lipinski definition) is 2. The van der Waals surface area contributed by atoms with Crippen molar-refractivity contribution in [1.29, 1.82) is 0 Å². The number of fused-ring (bicyclic) bond motifs is 5. The Kier molecular flexibility index (Phi) is 3.83. The van der Waals surface area contributed by atoms with Gasteiger partial charge in [0.15, 0.2) is 11.5 Å². The molecule has 2 N–H and O–H groups in total. The van der Waals surface area contributed by atoms with E-state index in [1.165, 1.54) is 24.0 Å². The molecule has 132 valence electrons. The standard InChI is InChI=1S/C21H30O3/c1-4-12-9-17-15-6-5-13-10-18(22)19(24-3)11-16(13)14(15)7-8-21(17,2)20(12)23/h10-12,14-15,17,20,22-23H,4-9H2,1-3H3/t12?,14-,15+,17-,20+,21-/m0/s1. The lowest BCUT2D eigenvalue weighted by Crippen LogP contribution is -2.44. The maximum absolute atomic E-state index is 10.9. The number of aryl methyl sites for hydroxylation is 1. The van der Waals surface area contributed by atoms with Crippen LogP contribution in [0, 0.1) is 23.2 Å². The molecule has 3 nitrogen and oxygen atoms in total. The lowest BCUT2D eigenvalue weighted by Gasteiger charge is -2.50. The van der Waals surface area contributed by atoms with Crippen molar-refractivity contribution in [2.45, 2.75) is 64.4 Å². The molecule has 3 aliphatic rings. The molecule has 2 fully saturated rings. The van der Waals surface area contributed by atoms with Gasteiger partial charge in [0.05, 0.1) is 13.2 Å². The summed E-state index contributed by atoms with van der Waals surface area (Å²) in [6, 6.07) is 3.99. The third-order valence-corrected chi connectivity index (χ3v) is 7.67. The normalized spacial score (nSPS) is 40.6. The molecule has 2 saturated carbocycles. The van der Waals surface area contributed by atoms with E-state index in [9.17, 15) is 10.2 Å². The van der Waals surface area contributed by atoms with Crippen LogP contribution >= 0.6 is 0 Å². The SMILES string of the molecule is CCC1C[C@H]2[C@@H]3CCc4cc(O)c(OC)cc4[C@H]3CC[C@]2(C)[C@@H]1O. The summed E-state index contributed by atoms with van der Waals surface area (Å²) >= 11 is 0. The van der Waals surface area contributed by atoms with Gasteiger partial charge >= 0.3 is 0 Å². The van der Waals surface area contributed by atoms with Gasteiger partial charge in [0.25, 0.3) is 0 Å². The van der Waals surface area contributed by atoms with Crippen molar-refractivity contribution in [2.75, 3.05) is 7.11 Å². The lowest BCUT2D eigenvalue weighted by molar-refractivity contribution is -0.0329. The van der Waals surface area contributed by atoms with E-state index in [-0.39, 0.29) is 17.3 Å². The fourth-order valence-corrected chi connectivity index (χ4v) is 6.29. The Bertz CT molecular complexity index is 640. The monoisotopic (exact) mass is 330 g/mol. The fourth-order valence-electron chi connectivity index (χ4n) is 6.29. The summed E-state index contributed by atoms with van der Waals surface area (Å²) in [6.45, 7) is 4.55. The largest absolute Gasteiger partial charge is 0.504 e. The van der Waals surface area contributed by atoms with Crippen LogP contribution in [0.2, 0.25) is 0 Å². The highest BCUT2D eigenvalue weighted by Crippen LogP contribution is 2.62.